The first-order valence-electron chi connectivity index (χ1n) is 4.88. The molecular weight excluding hydrogens is 233 g/mol. The van der Waals surface area contributed by atoms with Gasteiger partial charge in [0.25, 0.3) is 0 Å². The third-order valence-electron chi connectivity index (χ3n) is 2.06. The van der Waals surface area contributed by atoms with Crippen molar-refractivity contribution >= 4 is 15.7 Å². The van der Waals surface area contributed by atoms with Crippen molar-refractivity contribution in [1.29, 1.82) is 0 Å². The van der Waals surface area contributed by atoms with Crippen molar-refractivity contribution in [2.75, 3.05) is 11.0 Å². The summed E-state index contributed by atoms with van der Waals surface area (Å²) in [4.78, 5) is 0. The summed E-state index contributed by atoms with van der Waals surface area (Å²) < 4.78 is 42.9. The van der Waals surface area contributed by atoms with Crippen LogP contribution in [0.1, 0.15) is 12.8 Å². The topological polar surface area (TPSA) is 55.4 Å². The van der Waals surface area contributed by atoms with Crippen LogP contribution in [-0.4, -0.2) is 20.8 Å². The molecule has 0 aromatic heterocycles. The molecule has 16 heavy (non-hydrogen) atoms. The highest BCUT2D eigenvalue weighted by atomic mass is 32.2. The first-order valence-corrected chi connectivity index (χ1v) is 6.77. The summed E-state index contributed by atoms with van der Waals surface area (Å²) >= 11 is 0. The number of hydrogen-bond acceptors (Lipinski definition) is 3. The van der Waals surface area contributed by atoms with E-state index >= 15 is 0 Å². The van der Waals surface area contributed by atoms with E-state index in [9.17, 15) is 12.8 Å². The van der Waals surface area contributed by atoms with Crippen LogP contribution in [0.5, 0.6) is 5.75 Å². The van der Waals surface area contributed by atoms with Crippen LogP contribution >= 0.6 is 0 Å². The van der Waals surface area contributed by atoms with Gasteiger partial charge < -0.3 is 4.74 Å². The summed E-state index contributed by atoms with van der Waals surface area (Å²) in [6.45, 7) is 0. The van der Waals surface area contributed by atoms with E-state index in [0.29, 0.717) is 0 Å². The van der Waals surface area contributed by atoms with Crippen LogP contribution in [0, 0.1) is 5.82 Å². The van der Waals surface area contributed by atoms with E-state index in [4.69, 9.17) is 4.74 Å². The van der Waals surface area contributed by atoms with Gasteiger partial charge in [0.2, 0.25) is 10.0 Å². The van der Waals surface area contributed by atoms with Gasteiger partial charge in [-0.3, -0.25) is 4.72 Å². The Balaban J connectivity index is 2.27. The normalized spacial score (nSPS) is 15.9. The minimum absolute atomic E-state index is 0.0851. The van der Waals surface area contributed by atoms with Gasteiger partial charge in [-0.25, -0.2) is 12.8 Å². The molecule has 1 N–H and O–H groups in total. The highest BCUT2D eigenvalue weighted by Gasteiger charge is 2.25. The maximum absolute atomic E-state index is 13.0. The quantitative estimate of drug-likeness (QED) is 0.879. The zero-order valence-electron chi connectivity index (χ0n) is 8.73. The lowest BCUT2D eigenvalue weighted by Crippen LogP contribution is -2.11. The molecule has 88 valence electrons. The highest BCUT2D eigenvalue weighted by Crippen LogP contribution is 2.32. The summed E-state index contributed by atoms with van der Waals surface area (Å²) in [5.41, 5.74) is 0.274. The van der Waals surface area contributed by atoms with Crippen LogP contribution in [-0.2, 0) is 10.0 Å². The van der Waals surface area contributed by atoms with Crippen molar-refractivity contribution in [3.63, 3.8) is 0 Å². The van der Waals surface area contributed by atoms with Crippen LogP contribution < -0.4 is 9.46 Å². The van der Waals surface area contributed by atoms with E-state index < -0.39 is 15.8 Å². The first-order chi connectivity index (χ1) is 7.44. The number of nitrogens with one attached hydrogen (secondary N) is 1. The minimum Gasteiger partial charge on any atom is -0.488 e. The second-order valence-corrected chi connectivity index (χ2v) is 5.58. The lowest BCUT2D eigenvalue weighted by atomic mass is 10.3. The molecule has 1 aromatic rings. The lowest BCUT2D eigenvalue weighted by molar-refractivity contribution is 0.303. The molecule has 0 spiro atoms. The van der Waals surface area contributed by atoms with Crippen molar-refractivity contribution in [2.45, 2.75) is 18.9 Å². The van der Waals surface area contributed by atoms with Gasteiger partial charge in [-0.15, -0.1) is 0 Å². The third kappa shape index (κ3) is 3.10. The van der Waals surface area contributed by atoms with Crippen molar-refractivity contribution in [1.82, 2.24) is 0 Å². The molecule has 0 bridgehead atoms. The van der Waals surface area contributed by atoms with E-state index in [2.05, 4.69) is 4.72 Å². The Morgan fingerprint density at radius 1 is 1.44 bits per heavy atom. The molecule has 0 aliphatic heterocycles. The number of sulfonamides is 1. The molecule has 1 aliphatic rings. The maximum Gasteiger partial charge on any atom is 0.229 e. The second kappa shape index (κ2) is 3.93. The summed E-state index contributed by atoms with van der Waals surface area (Å²) in [7, 11) is -3.38. The van der Waals surface area contributed by atoms with Gasteiger partial charge in [0.15, 0.2) is 0 Å². The fourth-order valence-electron chi connectivity index (χ4n) is 1.24. The van der Waals surface area contributed by atoms with Gasteiger partial charge in [0.05, 0.1) is 18.0 Å². The SMILES string of the molecule is CS(=O)(=O)Nc1ccc(F)cc1OC1CC1. The fraction of sp³-hybridized carbons (Fsp3) is 0.400. The summed E-state index contributed by atoms with van der Waals surface area (Å²) in [6, 6.07) is 3.73. The Kier molecular flexibility index (Phi) is 2.75. The summed E-state index contributed by atoms with van der Waals surface area (Å²) in [6.07, 6.45) is 2.97. The van der Waals surface area contributed by atoms with Crippen molar-refractivity contribution < 1.29 is 17.5 Å². The Bertz CT molecular complexity index is 497. The van der Waals surface area contributed by atoms with Crippen molar-refractivity contribution in [3.8, 4) is 5.75 Å². The van der Waals surface area contributed by atoms with Crippen LogP contribution in [0.3, 0.4) is 0 Å². The second-order valence-electron chi connectivity index (χ2n) is 3.83. The van der Waals surface area contributed by atoms with Crippen molar-refractivity contribution in [2.24, 2.45) is 0 Å². The van der Waals surface area contributed by atoms with Crippen LogP contribution in [0.15, 0.2) is 18.2 Å². The molecular formula is C10H12FNO3S. The van der Waals surface area contributed by atoms with E-state index in [1.807, 2.05) is 0 Å². The molecule has 0 amide bonds. The number of benzene rings is 1. The first kappa shape index (κ1) is 11.2. The number of rotatable bonds is 4. The average molecular weight is 245 g/mol. The van der Waals surface area contributed by atoms with Gasteiger partial charge in [-0.2, -0.15) is 0 Å². The molecule has 0 atom stereocenters. The molecule has 1 fully saturated rings. The van der Waals surface area contributed by atoms with E-state index in [-0.39, 0.29) is 17.5 Å². The average Bonchev–Trinajstić information content (AvgIpc) is 2.91. The number of halogens is 1. The monoisotopic (exact) mass is 245 g/mol. The Labute approximate surface area is 93.5 Å². The fourth-order valence-corrected chi connectivity index (χ4v) is 1.81. The maximum atomic E-state index is 13.0. The van der Waals surface area contributed by atoms with E-state index in [0.717, 1.165) is 19.1 Å². The predicted molar refractivity (Wildman–Crippen MR) is 58.5 cm³/mol. The standard InChI is InChI=1S/C10H12FNO3S/c1-16(13,14)12-9-5-2-7(11)6-10(9)15-8-3-4-8/h2,5-6,8,12H,3-4H2,1H3. The molecule has 1 aliphatic carbocycles. The van der Waals surface area contributed by atoms with Gasteiger partial charge >= 0.3 is 0 Å². The molecule has 0 radical (unpaired) electrons. The summed E-state index contributed by atoms with van der Waals surface area (Å²) in [5, 5.41) is 0. The number of anilines is 1. The predicted octanol–water partition coefficient (Wildman–Crippen LogP) is 1.74. The largest absolute Gasteiger partial charge is 0.488 e. The molecule has 6 heteroatoms. The van der Waals surface area contributed by atoms with Crippen LogP contribution in [0.4, 0.5) is 10.1 Å². The van der Waals surface area contributed by atoms with Gasteiger partial charge in [-0.1, -0.05) is 0 Å². The van der Waals surface area contributed by atoms with E-state index in [1.165, 1.54) is 18.2 Å². The molecule has 0 heterocycles. The molecule has 0 saturated heterocycles. The Hall–Kier alpha value is -1.30. The highest BCUT2D eigenvalue weighted by molar-refractivity contribution is 7.92. The van der Waals surface area contributed by atoms with Gasteiger partial charge in [-0.05, 0) is 25.0 Å². The molecule has 4 nitrogen and oxygen atoms in total. The van der Waals surface area contributed by atoms with Gasteiger partial charge in [0, 0.05) is 6.07 Å². The number of ether oxygens (including phenoxy) is 1. The minimum atomic E-state index is -3.38. The third-order valence-corrected chi connectivity index (χ3v) is 2.65. The molecule has 2 rings (SSSR count). The molecule has 1 aromatic carbocycles. The van der Waals surface area contributed by atoms with Crippen LogP contribution in [0.25, 0.3) is 0 Å². The molecule has 1 saturated carbocycles. The number of hydrogen-bond donors (Lipinski definition) is 1. The zero-order valence-corrected chi connectivity index (χ0v) is 9.55. The zero-order chi connectivity index (χ0) is 11.8. The Morgan fingerprint density at radius 3 is 2.69 bits per heavy atom. The Morgan fingerprint density at radius 2 is 2.12 bits per heavy atom. The van der Waals surface area contributed by atoms with Crippen LogP contribution in [0.2, 0.25) is 0 Å². The van der Waals surface area contributed by atoms with Gasteiger partial charge in [0.1, 0.15) is 11.6 Å². The molecule has 0 unspecified atom stereocenters. The van der Waals surface area contributed by atoms with E-state index in [1.54, 1.807) is 0 Å². The lowest BCUT2D eigenvalue weighted by Gasteiger charge is -2.11. The smallest absolute Gasteiger partial charge is 0.229 e. The van der Waals surface area contributed by atoms with Crippen molar-refractivity contribution in [3.05, 3.63) is 24.0 Å². The summed E-state index contributed by atoms with van der Waals surface area (Å²) in [5.74, 6) is -0.206.